The average Bonchev–Trinajstić information content (AvgIpc) is 2.50. The van der Waals surface area contributed by atoms with Crippen molar-refractivity contribution < 1.29 is 18.3 Å². The highest BCUT2D eigenvalue weighted by molar-refractivity contribution is 5.85. The van der Waals surface area contributed by atoms with E-state index in [1.54, 1.807) is 6.07 Å². The highest BCUT2D eigenvalue weighted by Gasteiger charge is 2.28. The van der Waals surface area contributed by atoms with E-state index >= 15 is 0 Å². The number of carbonyl (C=O) groups is 1. The summed E-state index contributed by atoms with van der Waals surface area (Å²) in [6.45, 7) is 5.61. The molecule has 0 saturated carbocycles. The first-order chi connectivity index (χ1) is 11.0. The van der Waals surface area contributed by atoms with Gasteiger partial charge in [-0.1, -0.05) is 6.07 Å². The molecule has 2 N–H and O–H groups in total. The second-order valence-corrected chi connectivity index (χ2v) is 6.12. The van der Waals surface area contributed by atoms with Crippen molar-refractivity contribution >= 4 is 18.3 Å². The summed E-state index contributed by atoms with van der Waals surface area (Å²) in [5.41, 5.74) is 0.717. The first-order valence-corrected chi connectivity index (χ1v) is 8.04. The zero-order chi connectivity index (χ0) is 16.8. The fraction of sp³-hybridized carbons (Fsp3) is 0.588. The van der Waals surface area contributed by atoms with E-state index in [-0.39, 0.29) is 36.4 Å². The van der Waals surface area contributed by atoms with Gasteiger partial charge in [0, 0.05) is 24.9 Å². The molecule has 1 aromatic rings. The summed E-state index contributed by atoms with van der Waals surface area (Å²) in [6.07, 6.45) is 1.15. The van der Waals surface area contributed by atoms with Crippen LogP contribution in [0.5, 0.6) is 0 Å². The van der Waals surface area contributed by atoms with Gasteiger partial charge in [0.2, 0.25) is 5.91 Å². The molecule has 1 heterocycles. The topological polar surface area (TPSA) is 50.4 Å². The second kappa shape index (κ2) is 9.91. The Morgan fingerprint density at radius 1 is 1.38 bits per heavy atom. The first-order valence-electron chi connectivity index (χ1n) is 8.04. The lowest BCUT2D eigenvalue weighted by Gasteiger charge is -2.33. The molecular formula is C17H25ClF2N2O2. The lowest BCUT2D eigenvalue weighted by Crippen LogP contribution is -2.50. The normalized spacial score (nSPS) is 20.5. The first kappa shape index (κ1) is 20.8. The van der Waals surface area contributed by atoms with Crippen LogP contribution < -0.4 is 10.6 Å². The van der Waals surface area contributed by atoms with E-state index in [1.807, 2.05) is 13.8 Å². The third kappa shape index (κ3) is 6.00. The molecular weight excluding hydrogens is 338 g/mol. The number of carbonyl (C=O) groups excluding carboxylic acids is 1. The van der Waals surface area contributed by atoms with E-state index in [0.29, 0.717) is 25.1 Å². The minimum atomic E-state index is -0.853. The lowest BCUT2D eigenvalue weighted by molar-refractivity contribution is -0.123. The Kier molecular flexibility index (Phi) is 8.59. The molecule has 24 heavy (non-hydrogen) atoms. The number of nitrogens with one attached hydrogen (secondary N) is 2. The van der Waals surface area contributed by atoms with E-state index in [0.717, 1.165) is 19.0 Å². The molecule has 1 aliphatic heterocycles. The number of benzene rings is 1. The van der Waals surface area contributed by atoms with Gasteiger partial charge in [0.25, 0.3) is 0 Å². The molecule has 136 valence electrons. The summed E-state index contributed by atoms with van der Waals surface area (Å²) < 4.78 is 32.0. The standard InChI is InChI=1S/C17H24F2N2O2.ClH/c1-11(2)23-8-6-17(22)21-16-10-20-7-5-13(16)12-3-4-14(18)15(19)9-12;/h3-4,9,11,13,16,20H,5-8,10H2,1-2H3,(H,21,22);1H. The molecule has 1 aliphatic rings. The predicted octanol–water partition coefficient (Wildman–Crippen LogP) is 2.76. The Morgan fingerprint density at radius 2 is 2.12 bits per heavy atom. The number of amides is 1. The van der Waals surface area contributed by atoms with Crippen molar-refractivity contribution in [2.75, 3.05) is 19.7 Å². The van der Waals surface area contributed by atoms with Crippen LogP contribution in [-0.2, 0) is 9.53 Å². The van der Waals surface area contributed by atoms with E-state index < -0.39 is 11.6 Å². The van der Waals surface area contributed by atoms with Gasteiger partial charge in [-0.25, -0.2) is 8.78 Å². The molecule has 4 nitrogen and oxygen atoms in total. The largest absolute Gasteiger partial charge is 0.378 e. The van der Waals surface area contributed by atoms with Crippen molar-refractivity contribution in [2.24, 2.45) is 0 Å². The Hall–Kier alpha value is -1.24. The molecule has 2 atom stereocenters. The zero-order valence-electron chi connectivity index (χ0n) is 14.0. The number of piperidine rings is 1. The SMILES string of the molecule is CC(C)OCCC(=O)NC1CNCCC1c1ccc(F)c(F)c1.Cl. The summed E-state index contributed by atoms with van der Waals surface area (Å²) >= 11 is 0. The summed E-state index contributed by atoms with van der Waals surface area (Å²) in [5, 5.41) is 6.20. The fourth-order valence-corrected chi connectivity index (χ4v) is 2.82. The predicted molar refractivity (Wildman–Crippen MR) is 91.5 cm³/mol. The molecule has 1 aromatic carbocycles. The van der Waals surface area contributed by atoms with Crippen molar-refractivity contribution in [3.05, 3.63) is 35.4 Å². The molecule has 0 radical (unpaired) electrons. The van der Waals surface area contributed by atoms with Crippen LogP contribution in [0.15, 0.2) is 18.2 Å². The Bertz CT molecular complexity index is 543. The molecule has 1 fully saturated rings. The highest BCUT2D eigenvalue weighted by Crippen LogP contribution is 2.27. The minimum absolute atomic E-state index is 0. The van der Waals surface area contributed by atoms with Crippen LogP contribution in [0.1, 0.15) is 38.2 Å². The summed E-state index contributed by atoms with van der Waals surface area (Å²) in [7, 11) is 0. The van der Waals surface area contributed by atoms with Crippen molar-refractivity contribution in [3.8, 4) is 0 Å². The molecule has 1 amide bonds. The van der Waals surface area contributed by atoms with Gasteiger partial charge in [-0.2, -0.15) is 0 Å². The van der Waals surface area contributed by atoms with Crippen LogP contribution in [0.3, 0.4) is 0 Å². The van der Waals surface area contributed by atoms with Gasteiger partial charge >= 0.3 is 0 Å². The average molecular weight is 363 g/mol. The molecule has 7 heteroatoms. The van der Waals surface area contributed by atoms with Gasteiger partial charge < -0.3 is 15.4 Å². The number of rotatable bonds is 6. The number of ether oxygens (including phenoxy) is 1. The lowest BCUT2D eigenvalue weighted by atomic mass is 9.86. The molecule has 2 rings (SSSR count). The van der Waals surface area contributed by atoms with E-state index in [1.165, 1.54) is 6.07 Å². The molecule has 0 bridgehead atoms. The van der Waals surface area contributed by atoms with Crippen molar-refractivity contribution in [1.29, 1.82) is 0 Å². The van der Waals surface area contributed by atoms with Crippen LogP contribution in [-0.4, -0.2) is 37.7 Å². The zero-order valence-corrected chi connectivity index (χ0v) is 14.8. The Balaban J connectivity index is 0.00000288. The third-order valence-corrected chi connectivity index (χ3v) is 3.98. The molecule has 2 unspecified atom stereocenters. The number of hydrogen-bond acceptors (Lipinski definition) is 3. The van der Waals surface area contributed by atoms with Gasteiger partial charge in [0.15, 0.2) is 11.6 Å². The maximum absolute atomic E-state index is 13.5. The molecule has 1 saturated heterocycles. The molecule has 0 spiro atoms. The summed E-state index contributed by atoms with van der Waals surface area (Å²) in [4.78, 5) is 12.0. The van der Waals surface area contributed by atoms with Crippen molar-refractivity contribution in [3.63, 3.8) is 0 Å². The van der Waals surface area contributed by atoms with E-state index in [4.69, 9.17) is 4.74 Å². The Labute approximate surface area is 147 Å². The maximum Gasteiger partial charge on any atom is 0.222 e. The molecule has 0 aliphatic carbocycles. The highest BCUT2D eigenvalue weighted by atomic mass is 35.5. The quantitative estimate of drug-likeness (QED) is 0.818. The number of hydrogen-bond donors (Lipinski definition) is 2. The summed E-state index contributed by atoms with van der Waals surface area (Å²) in [6, 6.07) is 3.82. The third-order valence-electron chi connectivity index (χ3n) is 3.98. The minimum Gasteiger partial charge on any atom is -0.378 e. The van der Waals surface area contributed by atoms with Gasteiger partial charge in [0.1, 0.15) is 0 Å². The number of halogens is 3. The monoisotopic (exact) mass is 362 g/mol. The van der Waals surface area contributed by atoms with Gasteiger partial charge in [-0.3, -0.25) is 4.79 Å². The van der Waals surface area contributed by atoms with Gasteiger partial charge in [0.05, 0.1) is 12.7 Å². The van der Waals surface area contributed by atoms with Gasteiger partial charge in [-0.15, -0.1) is 12.4 Å². The smallest absolute Gasteiger partial charge is 0.222 e. The summed E-state index contributed by atoms with van der Waals surface area (Å²) in [5.74, 6) is -1.82. The maximum atomic E-state index is 13.5. The fourth-order valence-electron chi connectivity index (χ4n) is 2.82. The van der Waals surface area contributed by atoms with E-state index in [9.17, 15) is 13.6 Å². The van der Waals surface area contributed by atoms with Crippen molar-refractivity contribution in [2.45, 2.75) is 44.8 Å². The van der Waals surface area contributed by atoms with Crippen molar-refractivity contribution in [1.82, 2.24) is 10.6 Å². The van der Waals surface area contributed by atoms with Crippen LogP contribution in [0.2, 0.25) is 0 Å². The van der Waals surface area contributed by atoms with Crippen LogP contribution in [0, 0.1) is 11.6 Å². The Morgan fingerprint density at radius 3 is 2.79 bits per heavy atom. The van der Waals surface area contributed by atoms with E-state index in [2.05, 4.69) is 10.6 Å². The van der Waals surface area contributed by atoms with Crippen LogP contribution in [0.25, 0.3) is 0 Å². The molecule has 0 aromatic heterocycles. The van der Waals surface area contributed by atoms with Gasteiger partial charge in [-0.05, 0) is 44.5 Å². The second-order valence-electron chi connectivity index (χ2n) is 6.12. The van der Waals surface area contributed by atoms with Crippen LogP contribution >= 0.6 is 12.4 Å². The van der Waals surface area contributed by atoms with Crippen LogP contribution in [0.4, 0.5) is 8.78 Å².